The third-order valence-electron chi connectivity index (χ3n) is 6.85. The standard InChI is InChI=1S/C29H28BrN3O4S/c1-18-4-6-21(7-5-18)26(34)17-32-28(35)27(38-29(32)36)15-22-14-19(2)33(20(22)3)23-8-9-25(24(30)16-23)31-10-12-37-13-11-31/h4-9,14-16H,10-13,17H2,1-3H3/b27-15-. The lowest BCUT2D eigenvalue weighted by Crippen LogP contribution is -2.36. The smallest absolute Gasteiger partial charge is 0.293 e. The van der Waals surface area contributed by atoms with E-state index in [1.54, 1.807) is 18.2 Å². The Labute approximate surface area is 234 Å². The summed E-state index contributed by atoms with van der Waals surface area (Å²) >= 11 is 4.61. The molecule has 38 heavy (non-hydrogen) atoms. The zero-order valence-electron chi connectivity index (χ0n) is 21.5. The summed E-state index contributed by atoms with van der Waals surface area (Å²) in [4.78, 5) is 42.1. The number of aryl methyl sites for hydroxylation is 2. The van der Waals surface area contributed by atoms with Crippen LogP contribution in [0.25, 0.3) is 11.8 Å². The molecule has 0 aliphatic carbocycles. The zero-order chi connectivity index (χ0) is 27.0. The van der Waals surface area contributed by atoms with Crippen LogP contribution in [0.1, 0.15) is 32.9 Å². The topological polar surface area (TPSA) is 71.8 Å². The summed E-state index contributed by atoms with van der Waals surface area (Å²) in [5.41, 5.74) is 6.46. The van der Waals surface area contributed by atoms with Gasteiger partial charge in [0.1, 0.15) is 0 Å². The number of ether oxygens (including phenoxy) is 1. The maximum Gasteiger partial charge on any atom is 0.293 e. The molecule has 7 nitrogen and oxygen atoms in total. The average molecular weight is 595 g/mol. The van der Waals surface area contributed by atoms with E-state index in [1.807, 2.05) is 39.0 Å². The number of amides is 2. The molecule has 2 aliphatic rings. The highest BCUT2D eigenvalue weighted by molar-refractivity contribution is 9.10. The molecule has 3 aromatic rings. The van der Waals surface area contributed by atoms with Gasteiger partial charge in [-0.2, -0.15) is 0 Å². The van der Waals surface area contributed by atoms with Gasteiger partial charge in [-0.1, -0.05) is 29.8 Å². The Morgan fingerprint density at radius 2 is 1.74 bits per heavy atom. The highest BCUT2D eigenvalue weighted by Crippen LogP contribution is 2.35. The van der Waals surface area contributed by atoms with Gasteiger partial charge in [0, 0.05) is 40.2 Å². The first kappa shape index (κ1) is 26.5. The number of ketones is 1. The second kappa shape index (κ2) is 10.9. The van der Waals surface area contributed by atoms with Gasteiger partial charge in [0.2, 0.25) is 0 Å². The zero-order valence-corrected chi connectivity index (χ0v) is 23.9. The van der Waals surface area contributed by atoms with Crippen LogP contribution in [-0.4, -0.2) is 59.2 Å². The predicted octanol–water partition coefficient (Wildman–Crippen LogP) is 5.92. The number of rotatable bonds is 6. The SMILES string of the molecule is Cc1ccc(C(=O)CN2C(=O)S/C(=C\c3cc(C)n(-c4ccc(N5CCOCC5)c(Br)c4)c3C)C2=O)cc1. The number of hydrogen-bond donors (Lipinski definition) is 0. The molecule has 1 aromatic heterocycles. The van der Waals surface area contributed by atoms with Gasteiger partial charge in [-0.05, 0) is 84.4 Å². The predicted molar refractivity (Wildman–Crippen MR) is 154 cm³/mol. The molecular formula is C29H28BrN3O4S. The number of Topliss-reactive ketones (excluding diaryl/α,β-unsaturated/α-hetero) is 1. The Hall–Kier alpha value is -3.14. The second-order valence-corrected chi connectivity index (χ2v) is 11.3. The van der Waals surface area contributed by atoms with Gasteiger partial charge in [-0.3, -0.25) is 19.3 Å². The average Bonchev–Trinajstić information content (AvgIpc) is 3.33. The fraction of sp³-hybridized carbons (Fsp3) is 0.276. The van der Waals surface area contributed by atoms with Gasteiger partial charge in [0.25, 0.3) is 11.1 Å². The molecule has 0 atom stereocenters. The molecule has 0 unspecified atom stereocenters. The van der Waals surface area contributed by atoms with Crippen molar-refractivity contribution in [2.45, 2.75) is 20.8 Å². The first-order valence-electron chi connectivity index (χ1n) is 12.4. The molecule has 196 valence electrons. The third-order valence-corrected chi connectivity index (χ3v) is 8.39. The Morgan fingerprint density at radius 3 is 2.42 bits per heavy atom. The van der Waals surface area contributed by atoms with Crippen molar-refractivity contribution in [2.75, 3.05) is 37.7 Å². The summed E-state index contributed by atoms with van der Waals surface area (Å²) < 4.78 is 8.61. The number of benzene rings is 2. The number of carbonyl (C=O) groups is 3. The van der Waals surface area contributed by atoms with Gasteiger partial charge in [-0.15, -0.1) is 0 Å². The van der Waals surface area contributed by atoms with Gasteiger partial charge >= 0.3 is 0 Å². The molecule has 2 amide bonds. The number of carbonyl (C=O) groups excluding carboxylic acids is 3. The van der Waals surface area contributed by atoms with Crippen molar-refractivity contribution in [2.24, 2.45) is 0 Å². The Balaban J connectivity index is 1.37. The monoisotopic (exact) mass is 593 g/mol. The minimum atomic E-state index is -0.442. The van der Waals surface area contributed by atoms with Crippen molar-refractivity contribution in [3.63, 3.8) is 0 Å². The minimum Gasteiger partial charge on any atom is -0.378 e. The van der Waals surface area contributed by atoms with E-state index in [2.05, 4.69) is 43.6 Å². The summed E-state index contributed by atoms with van der Waals surface area (Å²) in [7, 11) is 0. The van der Waals surface area contributed by atoms with Crippen LogP contribution >= 0.6 is 27.7 Å². The van der Waals surface area contributed by atoms with E-state index in [0.717, 1.165) is 81.3 Å². The van der Waals surface area contributed by atoms with Gasteiger partial charge in [0.05, 0.1) is 30.4 Å². The lowest BCUT2D eigenvalue weighted by Gasteiger charge is -2.30. The van der Waals surface area contributed by atoms with Crippen LogP contribution in [0.2, 0.25) is 0 Å². The molecule has 9 heteroatoms. The summed E-state index contributed by atoms with van der Waals surface area (Å²) in [5.74, 6) is -0.708. The number of thioether (sulfide) groups is 1. The maximum absolute atomic E-state index is 13.1. The summed E-state index contributed by atoms with van der Waals surface area (Å²) in [6.07, 6.45) is 1.75. The van der Waals surface area contributed by atoms with E-state index < -0.39 is 11.1 Å². The van der Waals surface area contributed by atoms with Gasteiger partial charge in [0.15, 0.2) is 5.78 Å². The Morgan fingerprint density at radius 1 is 1.03 bits per heavy atom. The van der Waals surface area contributed by atoms with Gasteiger partial charge in [-0.25, -0.2) is 0 Å². The molecule has 0 radical (unpaired) electrons. The third kappa shape index (κ3) is 5.23. The molecule has 5 rings (SSSR count). The van der Waals surface area contributed by atoms with Crippen molar-refractivity contribution in [3.8, 4) is 5.69 Å². The quantitative estimate of drug-likeness (QED) is 0.261. The highest BCUT2D eigenvalue weighted by Gasteiger charge is 2.36. The van der Waals surface area contributed by atoms with E-state index in [1.165, 1.54) is 0 Å². The van der Waals surface area contributed by atoms with E-state index in [-0.39, 0.29) is 12.3 Å². The van der Waals surface area contributed by atoms with Crippen LogP contribution in [0, 0.1) is 20.8 Å². The number of nitrogens with zero attached hydrogens (tertiary/aromatic N) is 3. The molecule has 2 fully saturated rings. The first-order chi connectivity index (χ1) is 18.2. The van der Waals surface area contributed by atoms with E-state index in [4.69, 9.17) is 4.74 Å². The normalized spacial score (nSPS) is 17.1. The van der Waals surface area contributed by atoms with Crippen molar-refractivity contribution in [1.29, 1.82) is 0 Å². The van der Waals surface area contributed by atoms with Crippen molar-refractivity contribution in [3.05, 3.63) is 86.0 Å². The number of anilines is 1. The summed E-state index contributed by atoms with van der Waals surface area (Å²) in [5, 5.41) is -0.432. The number of morpholine rings is 1. The number of aromatic nitrogens is 1. The lowest BCUT2D eigenvalue weighted by atomic mass is 10.1. The van der Waals surface area contributed by atoms with Crippen LogP contribution in [0.5, 0.6) is 0 Å². The molecule has 0 spiro atoms. The fourth-order valence-electron chi connectivity index (χ4n) is 4.78. The Kier molecular flexibility index (Phi) is 7.61. The van der Waals surface area contributed by atoms with Crippen LogP contribution in [-0.2, 0) is 9.53 Å². The molecule has 3 heterocycles. The first-order valence-corrected chi connectivity index (χ1v) is 14.0. The van der Waals surface area contributed by atoms with Crippen LogP contribution in [0.15, 0.2) is 57.9 Å². The van der Waals surface area contributed by atoms with E-state index in [9.17, 15) is 14.4 Å². The van der Waals surface area contributed by atoms with Crippen molar-refractivity contribution < 1.29 is 19.1 Å². The van der Waals surface area contributed by atoms with E-state index in [0.29, 0.717) is 10.5 Å². The van der Waals surface area contributed by atoms with E-state index >= 15 is 0 Å². The molecule has 2 aromatic carbocycles. The molecule has 0 saturated carbocycles. The van der Waals surface area contributed by atoms with Crippen molar-refractivity contribution >= 4 is 56.4 Å². The molecule has 2 aliphatic heterocycles. The highest BCUT2D eigenvalue weighted by atomic mass is 79.9. The largest absolute Gasteiger partial charge is 0.378 e. The molecule has 2 saturated heterocycles. The Bertz CT molecular complexity index is 1460. The molecule has 0 bridgehead atoms. The minimum absolute atomic E-state index is 0.266. The van der Waals surface area contributed by atoms with Crippen LogP contribution < -0.4 is 4.90 Å². The number of imide groups is 1. The van der Waals surface area contributed by atoms with Crippen LogP contribution in [0.4, 0.5) is 10.5 Å². The fourth-order valence-corrected chi connectivity index (χ4v) is 6.23. The molecule has 0 N–H and O–H groups in total. The van der Waals surface area contributed by atoms with Gasteiger partial charge < -0.3 is 14.2 Å². The number of halogens is 1. The lowest BCUT2D eigenvalue weighted by molar-refractivity contribution is -0.122. The summed E-state index contributed by atoms with van der Waals surface area (Å²) in [6, 6.07) is 15.4. The second-order valence-electron chi connectivity index (χ2n) is 9.45. The number of hydrogen-bond acceptors (Lipinski definition) is 6. The maximum atomic E-state index is 13.1. The van der Waals surface area contributed by atoms with Crippen LogP contribution in [0.3, 0.4) is 0 Å². The molecular weight excluding hydrogens is 566 g/mol. The van der Waals surface area contributed by atoms with Crippen molar-refractivity contribution in [1.82, 2.24) is 9.47 Å². The summed E-state index contributed by atoms with van der Waals surface area (Å²) in [6.45, 7) is 8.83.